The summed E-state index contributed by atoms with van der Waals surface area (Å²) in [6.45, 7) is 17.0. The molecule has 4 aliphatic carbocycles. The molecular formula is C32H48O5. The minimum Gasteiger partial charge on any atom is -0.478 e. The molecule has 1 N–H and O–H groups in total. The largest absolute Gasteiger partial charge is 0.478 e. The van der Waals surface area contributed by atoms with Crippen molar-refractivity contribution < 1.29 is 24.2 Å². The number of ketones is 1. The van der Waals surface area contributed by atoms with Crippen LogP contribution in [0.5, 0.6) is 0 Å². The summed E-state index contributed by atoms with van der Waals surface area (Å²) in [6.07, 6.45) is 9.90. The summed E-state index contributed by atoms with van der Waals surface area (Å²) in [5.41, 5.74) is 2.91. The molecule has 4 rings (SSSR count). The number of Topliss-reactive ketones (excluding diaryl/α,β-unsaturated/α-hetero) is 1. The summed E-state index contributed by atoms with van der Waals surface area (Å²) in [6, 6.07) is 0. The van der Waals surface area contributed by atoms with Crippen molar-refractivity contribution in [3.63, 3.8) is 0 Å². The molecule has 5 nitrogen and oxygen atoms in total. The normalized spacial score (nSPS) is 39.9. The van der Waals surface area contributed by atoms with Crippen LogP contribution in [0.4, 0.5) is 0 Å². The van der Waals surface area contributed by atoms with Crippen molar-refractivity contribution in [2.45, 2.75) is 119 Å². The van der Waals surface area contributed by atoms with E-state index < -0.39 is 5.97 Å². The molecule has 4 aliphatic rings. The molecule has 0 bridgehead atoms. The number of carbonyl (C=O) groups excluding carboxylic acids is 2. The minimum absolute atomic E-state index is 0.0312. The predicted molar refractivity (Wildman–Crippen MR) is 145 cm³/mol. The van der Waals surface area contributed by atoms with Crippen molar-refractivity contribution in [3.8, 4) is 0 Å². The van der Waals surface area contributed by atoms with E-state index in [1.807, 2.05) is 6.08 Å². The van der Waals surface area contributed by atoms with Crippen molar-refractivity contribution in [2.24, 2.45) is 39.4 Å². The summed E-state index contributed by atoms with van der Waals surface area (Å²) in [5.74, 6) is 0.432. The number of hydrogen-bond acceptors (Lipinski definition) is 4. The van der Waals surface area contributed by atoms with Gasteiger partial charge in [-0.25, -0.2) is 4.79 Å². The number of carbonyl (C=O) groups is 3. The van der Waals surface area contributed by atoms with Gasteiger partial charge in [-0.15, -0.1) is 0 Å². The molecule has 0 amide bonds. The number of carboxylic acids is 1. The number of esters is 1. The zero-order valence-corrected chi connectivity index (χ0v) is 24.3. The first-order valence-corrected chi connectivity index (χ1v) is 14.4. The Hall–Kier alpha value is -1.91. The second kappa shape index (κ2) is 9.38. The van der Waals surface area contributed by atoms with Crippen LogP contribution in [-0.2, 0) is 19.1 Å². The SMILES string of the molecule is CC(=O)OC1CC2=C(CCC3C(C)(C)C(=O)CCC23C)C2(C)CCC(C(C)CCC=C(C)C(=O)O)C12C. The lowest BCUT2D eigenvalue weighted by molar-refractivity contribution is -0.166. The maximum Gasteiger partial charge on any atom is 0.330 e. The minimum atomic E-state index is -0.855. The Balaban J connectivity index is 1.74. The number of carboxylic acid groups (broad SMARTS) is 1. The van der Waals surface area contributed by atoms with E-state index >= 15 is 0 Å². The molecule has 7 atom stereocenters. The Kier molecular flexibility index (Phi) is 7.12. The number of hydrogen-bond donors (Lipinski definition) is 1. The highest BCUT2D eigenvalue weighted by Gasteiger charge is 2.67. The highest BCUT2D eigenvalue weighted by atomic mass is 16.5. The Labute approximate surface area is 223 Å². The van der Waals surface area contributed by atoms with E-state index in [0.29, 0.717) is 35.5 Å². The van der Waals surface area contributed by atoms with E-state index in [0.717, 1.165) is 51.4 Å². The van der Waals surface area contributed by atoms with Crippen LogP contribution < -0.4 is 0 Å². The molecular weight excluding hydrogens is 464 g/mol. The Morgan fingerprint density at radius 2 is 1.73 bits per heavy atom. The van der Waals surface area contributed by atoms with E-state index in [2.05, 4.69) is 41.5 Å². The van der Waals surface area contributed by atoms with E-state index in [4.69, 9.17) is 4.74 Å². The van der Waals surface area contributed by atoms with Gasteiger partial charge in [0, 0.05) is 36.2 Å². The number of fused-ring (bicyclic) bond motifs is 4. The van der Waals surface area contributed by atoms with Gasteiger partial charge in [-0.2, -0.15) is 0 Å². The van der Waals surface area contributed by atoms with Crippen LogP contribution in [0, 0.1) is 39.4 Å². The van der Waals surface area contributed by atoms with Gasteiger partial charge in [0.15, 0.2) is 0 Å². The maximum absolute atomic E-state index is 12.9. The van der Waals surface area contributed by atoms with Gasteiger partial charge in [0.2, 0.25) is 0 Å². The van der Waals surface area contributed by atoms with Gasteiger partial charge in [-0.1, -0.05) is 58.8 Å². The number of aliphatic carboxylic acids is 1. The van der Waals surface area contributed by atoms with E-state index in [-0.39, 0.29) is 33.7 Å². The fourth-order valence-corrected chi connectivity index (χ4v) is 9.63. The third-order valence-electron chi connectivity index (χ3n) is 12.0. The average Bonchev–Trinajstić information content (AvgIpc) is 3.09. The van der Waals surface area contributed by atoms with Crippen molar-refractivity contribution in [2.75, 3.05) is 0 Å². The topological polar surface area (TPSA) is 80.7 Å². The Morgan fingerprint density at radius 1 is 1.05 bits per heavy atom. The van der Waals surface area contributed by atoms with E-state index in [1.54, 1.807) is 12.5 Å². The molecule has 5 heteroatoms. The van der Waals surface area contributed by atoms with Crippen LogP contribution in [-0.4, -0.2) is 28.9 Å². The third-order valence-corrected chi connectivity index (χ3v) is 12.0. The molecule has 2 fully saturated rings. The van der Waals surface area contributed by atoms with E-state index in [1.165, 1.54) is 12.5 Å². The molecule has 0 spiro atoms. The molecule has 37 heavy (non-hydrogen) atoms. The quantitative estimate of drug-likeness (QED) is 0.229. The molecule has 0 aromatic rings. The number of rotatable bonds is 6. The maximum atomic E-state index is 12.9. The van der Waals surface area contributed by atoms with Gasteiger partial charge in [0.25, 0.3) is 0 Å². The fourth-order valence-electron chi connectivity index (χ4n) is 9.63. The second-order valence-corrected chi connectivity index (χ2v) is 13.9. The van der Waals surface area contributed by atoms with Crippen molar-refractivity contribution in [3.05, 3.63) is 22.8 Å². The summed E-state index contributed by atoms with van der Waals surface area (Å²) >= 11 is 0. The van der Waals surface area contributed by atoms with Crippen LogP contribution in [0.15, 0.2) is 22.8 Å². The summed E-state index contributed by atoms with van der Waals surface area (Å²) in [5, 5.41) is 9.23. The van der Waals surface area contributed by atoms with Gasteiger partial charge in [0.05, 0.1) is 0 Å². The van der Waals surface area contributed by atoms with Crippen LogP contribution in [0.25, 0.3) is 0 Å². The Bertz CT molecular complexity index is 1050. The molecule has 206 valence electrons. The first kappa shape index (κ1) is 28.1. The van der Waals surface area contributed by atoms with Gasteiger partial charge < -0.3 is 9.84 Å². The van der Waals surface area contributed by atoms with Gasteiger partial charge in [0.1, 0.15) is 11.9 Å². The average molecular weight is 513 g/mol. The zero-order chi connectivity index (χ0) is 27.6. The lowest BCUT2D eigenvalue weighted by atomic mass is 9.43. The molecule has 0 aliphatic heterocycles. The second-order valence-electron chi connectivity index (χ2n) is 13.9. The van der Waals surface area contributed by atoms with Crippen LogP contribution in [0.3, 0.4) is 0 Å². The standard InChI is InChI=1S/C32H48O5/c1-19(10-9-11-20(2)28(35)36)22-14-17-31(7)23-12-13-25-29(4,5)26(34)15-16-30(25,6)24(23)18-27(32(22,31)8)37-21(3)33/h11,19,22,25,27H,9-10,12-18H2,1-8H3,(H,35,36). The highest BCUT2D eigenvalue weighted by Crippen LogP contribution is 2.72. The van der Waals surface area contributed by atoms with Crippen molar-refractivity contribution in [1.82, 2.24) is 0 Å². The predicted octanol–water partition coefficient (Wildman–Crippen LogP) is 7.29. The first-order valence-electron chi connectivity index (χ1n) is 14.4. The summed E-state index contributed by atoms with van der Waals surface area (Å²) in [7, 11) is 0. The third kappa shape index (κ3) is 4.14. The van der Waals surface area contributed by atoms with Gasteiger partial charge in [-0.3, -0.25) is 9.59 Å². The van der Waals surface area contributed by atoms with Gasteiger partial charge >= 0.3 is 11.9 Å². The fraction of sp³-hybridized carbons (Fsp3) is 0.781. The molecule has 0 heterocycles. The lowest BCUT2D eigenvalue weighted by Crippen LogP contribution is -2.58. The zero-order valence-electron chi connectivity index (χ0n) is 24.3. The van der Waals surface area contributed by atoms with Crippen LogP contribution >= 0.6 is 0 Å². The number of allylic oxidation sites excluding steroid dienone is 2. The van der Waals surface area contributed by atoms with E-state index in [9.17, 15) is 19.5 Å². The smallest absolute Gasteiger partial charge is 0.330 e. The molecule has 0 radical (unpaired) electrons. The van der Waals surface area contributed by atoms with Crippen LogP contribution in [0.2, 0.25) is 0 Å². The number of ether oxygens (including phenoxy) is 1. The summed E-state index contributed by atoms with van der Waals surface area (Å²) in [4.78, 5) is 36.6. The molecule has 0 saturated heterocycles. The molecule has 0 aromatic heterocycles. The highest BCUT2D eigenvalue weighted by molar-refractivity contribution is 5.86. The molecule has 2 saturated carbocycles. The van der Waals surface area contributed by atoms with Crippen molar-refractivity contribution in [1.29, 1.82) is 0 Å². The van der Waals surface area contributed by atoms with Gasteiger partial charge in [-0.05, 0) is 80.5 Å². The first-order chi connectivity index (χ1) is 17.1. The van der Waals surface area contributed by atoms with Crippen molar-refractivity contribution >= 4 is 17.7 Å². The molecule has 0 aromatic carbocycles. The van der Waals surface area contributed by atoms with Crippen LogP contribution in [0.1, 0.15) is 113 Å². The monoisotopic (exact) mass is 512 g/mol. The lowest BCUT2D eigenvalue weighted by Gasteiger charge is -2.62. The Morgan fingerprint density at radius 3 is 2.35 bits per heavy atom. The molecule has 7 unspecified atom stereocenters. The summed E-state index contributed by atoms with van der Waals surface area (Å²) < 4.78 is 6.25.